The van der Waals surface area contributed by atoms with Gasteiger partial charge in [0.2, 0.25) is 0 Å². The summed E-state index contributed by atoms with van der Waals surface area (Å²) < 4.78 is 5.54. The zero-order valence-corrected chi connectivity index (χ0v) is 10.7. The van der Waals surface area contributed by atoms with Crippen LogP contribution >= 0.6 is 0 Å². The number of phenolic OH excluding ortho intramolecular Hbond substituents is 1. The topological polar surface area (TPSA) is 66.8 Å². The highest BCUT2D eigenvalue weighted by atomic mass is 16.5. The van der Waals surface area contributed by atoms with E-state index in [0.717, 1.165) is 0 Å². The fourth-order valence-corrected chi connectivity index (χ4v) is 2.44. The van der Waals surface area contributed by atoms with E-state index < -0.39 is 12.0 Å². The number of aromatic hydroxyl groups is 1. The van der Waals surface area contributed by atoms with Crippen LogP contribution in [0.25, 0.3) is 0 Å². The Bertz CT molecular complexity index is 650. The minimum absolute atomic E-state index is 0.0301. The van der Waals surface area contributed by atoms with Gasteiger partial charge in [0.1, 0.15) is 18.1 Å². The Hall–Kier alpha value is -2.33. The monoisotopic (exact) mass is 270 g/mol. The van der Waals surface area contributed by atoms with Crippen LogP contribution in [0.4, 0.5) is 0 Å². The fraction of sp³-hybridized carbons (Fsp3) is 0.188. The number of fused-ring (bicyclic) bond motifs is 1. The first-order chi connectivity index (χ1) is 9.66. The average Bonchev–Trinajstić information content (AvgIpc) is 2.47. The minimum Gasteiger partial charge on any atom is -0.508 e. The van der Waals surface area contributed by atoms with E-state index >= 15 is 0 Å². The summed E-state index contributed by atoms with van der Waals surface area (Å²) in [6, 6.07) is 13.3. The van der Waals surface area contributed by atoms with Crippen LogP contribution in [0.15, 0.2) is 48.5 Å². The molecule has 2 aromatic carbocycles. The maximum absolute atomic E-state index is 12.4. The number of ether oxygens (including phenoxy) is 1. The molecule has 0 spiro atoms. The molecule has 0 radical (unpaired) electrons. The molecule has 102 valence electrons. The first-order valence-corrected chi connectivity index (χ1v) is 6.40. The van der Waals surface area contributed by atoms with E-state index in [1.165, 1.54) is 12.1 Å². The lowest BCUT2D eigenvalue weighted by Crippen LogP contribution is -2.32. The number of carbonyl (C=O) groups is 1. The van der Waals surface area contributed by atoms with Gasteiger partial charge < -0.3 is 14.9 Å². The summed E-state index contributed by atoms with van der Waals surface area (Å²) in [5.74, 6) is -0.253. The van der Waals surface area contributed by atoms with Gasteiger partial charge in [-0.3, -0.25) is 4.79 Å². The molecule has 0 aliphatic carbocycles. The van der Waals surface area contributed by atoms with Crippen LogP contribution < -0.4 is 4.74 Å². The van der Waals surface area contributed by atoms with Gasteiger partial charge in [0.25, 0.3) is 0 Å². The Balaban J connectivity index is 1.91. The molecule has 2 unspecified atom stereocenters. The van der Waals surface area contributed by atoms with Gasteiger partial charge in [0, 0.05) is 11.1 Å². The zero-order chi connectivity index (χ0) is 14.1. The summed E-state index contributed by atoms with van der Waals surface area (Å²) in [7, 11) is 0. The minimum atomic E-state index is -0.894. The molecule has 1 heterocycles. The van der Waals surface area contributed by atoms with E-state index in [1.54, 1.807) is 30.3 Å². The van der Waals surface area contributed by atoms with Crippen molar-refractivity contribution in [2.45, 2.75) is 6.10 Å². The molecule has 1 aliphatic rings. The molecule has 1 aliphatic heterocycles. The number of hydrogen-bond donors (Lipinski definition) is 2. The van der Waals surface area contributed by atoms with E-state index in [-0.39, 0.29) is 18.1 Å². The number of hydrogen-bond acceptors (Lipinski definition) is 4. The molecule has 0 fully saturated rings. The second kappa shape index (κ2) is 4.98. The Labute approximate surface area is 116 Å². The molecule has 0 saturated heterocycles. The first-order valence-electron chi connectivity index (χ1n) is 6.40. The molecule has 4 heteroatoms. The van der Waals surface area contributed by atoms with E-state index in [2.05, 4.69) is 0 Å². The number of benzene rings is 2. The third-order valence-electron chi connectivity index (χ3n) is 3.50. The summed E-state index contributed by atoms with van der Waals surface area (Å²) in [5, 5.41) is 19.8. The second-order valence-electron chi connectivity index (χ2n) is 4.81. The standard InChI is InChI=1S/C16H14O4/c17-11-5-3-4-10(8-11)15(18)13-9-20-14-7-2-1-6-12(14)16(13)19/h1-8,13,16-17,19H,9H2. The average molecular weight is 270 g/mol. The van der Waals surface area contributed by atoms with Crippen molar-refractivity contribution in [3.05, 3.63) is 59.7 Å². The zero-order valence-electron chi connectivity index (χ0n) is 10.7. The molecular weight excluding hydrogens is 256 g/mol. The molecule has 0 amide bonds. The number of phenols is 1. The van der Waals surface area contributed by atoms with Crippen molar-refractivity contribution in [1.29, 1.82) is 0 Å². The van der Waals surface area contributed by atoms with Crippen molar-refractivity contribution in [3.63, 3.8) is 0 Å². The predicted molar refractivity (Wildman–Crippen MR) is 72.8 cm³/mol. The van der Waals surface area contributed by atoms with Gasteiger partial charge in [-0.1, -0.05) is 30.3 Å². The number of carbonyl (C=O) groups excluding carboxylic acids is 1. The van der Waals surface area contributed by atoms with Gasteiger partial charge in [-0.25, -0.2) is 0 Å². The second-order valence-corrected chi connectivity index (χ2v) is 4.81. The van der Waals surface area contributed by atoms with Crippen LogP contribution in [0.1, 0.15) is 22.0 Å². The van der Waals surface area contributed by atoms with Crippen LogP contribution in [0, 0.1) is 5.92 Å². The number of aliphatic hydroxyl groups excluding tert-OH is 1. The molecular formula is C16H14O4. The molecule has 0 aromatic heterocycles. The lowest BCUT2D eigenvalue weighted by atomic mass is 9.87. The maximum Gasteiger partial charge on any atom is 0.172 e. The van der Waals surface area contributed by atoms with Gasteiger partial charge >= 0.3 is 0 Å². The lowest BCUT2D eigenvalue weighted by molar-refractivity contribution is 0.0418. The SMILES string of the molecule is O=C(c1cccc(O)c1)C1COc2ccccc2C1O. The van der Waals surface area contributed by atoms with E-state index in [0.29, 0.717) is 16.9 Å². The molecule has 0 saturated carbocycles. The van der Waals surface area contributed by atoms with Crippen molar-refractivity contribution in [1.82, 2.24) is 0 Å². The van der Waals surface area contributed by atoms with E-state index in [1.807, 2.05) is 6.07 Å². The van der Waals surface area contributed by atoms with Crippen LogP contribution in [0.2, 0.25) is 0 Å². The highest BCUT2D eigenvalue weighted by molar-refractivity contribution is 5.98. The third-order valence-corrected chi connectivity index (χ3v) is 3.50. The van der Waals surface area contributed by atoms with Crippen molar-refractivity contribution < 1.29 is 19.7 Å². The highest BCUT2D eigenvalue weighted by Crippen LogP contribution is 2.36. The van der Waals surface area contributed by atoms with Gasteiger partial charge in [-0.15, -0.1) is 0 Å². The molecule has 2 aromatic rings. The van der Waals surface area contributed by atoms with Crippen molar-refractivity contribution in [3.8, 4) is 11.5 Å². The van der Waals surface area contributed by atoms with Crippen molar-refractivity contribution in [2.24, 2.45) is 5.92 Å². The Morgan fingerprint density at radius 2 is 1.95 bits per heavy atom. The maximum atomic E-state index is 12.4. The summed E-state index contributed by atoms with van der Waals surface area (Å²) in [4.78, 5) is 12.4. The summed E-state index contributed by atoms with van der Waals surface area (Å²) in [6.45, 7) is 0.132. The van der Waals surface area contributed by atoms with Gasteiger partial charge in [0.15, 0.2) is 5.78 Å². The van der Waals surface area contributed by atoms with Crippen molar-refractivity contribution >= 4 is 5.78 Å². The quantitative estimate of drug-likeness (QED) is 0.822. The van der Waals surface area contributed by atoms with Gasteiger partial charge in [-0.2, -0.15) is 0 Å². The smallest absolute Gasteiger partial charge is 0.172 e. The fourth-order valence-electron chi connectivity index (χ4n) is 2.44. The molecule has 3 rings (SSSR count). The number of para-hydroxylation sites is 1. The Morgan fingerprint density at radius 1 is 1.15 bits per heavy atom. The summed E-state index contributed by atoms with van der Waals surface area (Å²) >= 11 is 0. The Kier molecular flexibility index (Phi) is 3.16. The number of Topliss-reactive ketones (excluding diaryl/α,β-unsaturated/α-hetero) is 1. The van der Waals surface area contributed by atoms with E-state index in [4.69, 9.17) is 4.74 Å². The molecule has 2 N–H and O–H groups in total. The summed E-state index contributed by atoms with van der Waals surface area (Å²) in [5.41, 5.74) is 0.995. The largest absolute Gasteiger partial charge is 0.508 e. The molecule has 0 bridgehead atoms. The first kappa shape index (κ1) is 12.7. The highest BCUT2D eigenvalue weighted by Gasteiger charge is 2.34. The molecule has 20 heavy (non-hydrogen) atoms. The van der Waals surface area contributed by atoms with Crippen LogP contribution in [-0.2, 0) is 0 Å². The third kappa shape index (κ3) is 2.14. The normalized spacial score (nSPS) is 20.9. The molecule has 4 nitrogen and oxygen atoms in total. The van der Waals surface area contributed by atoms with Crippen LogP contribution in [0.5, 0.6) is 11.5 Å². The number of rotatable bonds is 2. The number of ketones is 1. The van der Waals surface area contributed by atoms with Crippen molar-refractivity contribution in [2.75, 3.05) is 6.61 Å². The van der Waals surface area contributed by atoms with Crippen LogP contribution in [-0.4, -0.2) is 22.6 Å². The van der Waals surface area contributed by atoms with Gasteiger partial charge in [-0.05, 0) is 18.2 Å². The summed E-state index contributed by atoms with van der Waals surface area (Å²) in [6.07, 6.45) is -0.894. The molecule has 2 atom stereocenters. The predicted octanol–water partition coefficient (Wildman–Crippen LogP) is 2.32. The number of aliphatic hydroxyl groups is 1. The Morgan fingerprint density at radius 3 is 2.75 bits per heavy atom. The lowest BCUT2D eigenvalue weighted by Gasteiger charge is -2.29. The van der Waals surface area contributed by atoms with E-state index in [9.17, 15) is 15.0 Å². The van der Waals surface area contributed by atoms with Crippen LogP contribution in [0.3, 0.4) is 0 Å². The van der Waals surface area contributed by atoms with Gasteiger partial charge in [0.05, 0.1) is 12.0 Å².